The first-order valence-corrected chi connectivity index (χ1v) is 6.39. The first kappa shape index (κ1) is 14.0. The molecule has 2 N–H and O–H groups in total. The fraction of sp³-hybridized carbons (Fsp3) is 0.833. The molecule has 0 aromatic carbocycles. The second-order valence-electron chi connectivity index (χ2n) is 4.50. The van der Waals surface area contributed by atoms with Gasteiger partial charge in [0.25, 0.3) is 0 Å². The van der Waals surface area contributed by atoms with Gasteiger partial charge in [0.1, 0.15) is 0 Å². The van der Waals surface area contributed by atoms with Crippen LogP contribution in [0.1, 0.15) is 26.2 Å². The lowest BCUT2D eigenvalue weighted by molar-refractivity contribution is -0.134. The minimum absolute atomic E-state index is 0.0314. The van der Waals surface area contributed by atoms with Gasteiger partial charge in [-0.2, -0.15) is 0 Å². The summed E-state index contributed by atoms with van der Waals surface area (Å²) in [6, 6.07) is 0. The third-order valence-electron chi connectivity index (χ3n) is 3.02. The van der Waals surface area contributed by atoms with Gasteiger partial charge in [-0.15, -0.1) is 0 Å². The number of rotatable bonds is 5. The van der Waals surface area contributed by atoms with Gasteiger partial charge in [0.15, 0.2) is 0 Å². The quantitative estimate of drug-likeness (QED) is 0.710. The van der Waals surface area contributed by atoms with E-state index in [4.69, 9.17) is 0 Å². The topological polar surface area (TPSA) is 61.4 Å². The molecule has 5 nitrogen and oxygen atoms in total. The average Bonchev–Trinajstić information content (AvgIpc) is 2.36. The molecule has 1 fully saturated rings. The van der Waals surface area contributed by atoms with Gasteiger partial charge in [-0.3, -0.25) is 9.59 Å². The Bertz CT molecular complexity index is 268. The van der Waals surface area contributed by atoms with Crippen LogP contribution in [0.15, 0.2) is 0 Å². The van der Waals surface area contributed by atoms with Crippen molar-refractivity contribution < 1.29 is 9.59 Å². The SMILES string of the molecule is CCCNC(=O)C1CCCN(C(=O)CNC)C1. The Labute approximate surface area is 103 Å². The molecule has 0 bridgehead atoms. The molecule has 1 unspecified atom stereocenters. The second-order valence-corrected chi connectivity index (χ2v) is 4.50. The fourth-order valence-corrected chi connectivity index (χ4v) is 2.07. The Hall–Kier alpha value is -1.10. The van der Waals surface area contributed by atoms with Gasteiger partial charge in [0, 0.05) is 19.6 Å². The van der Waals surface area contributed by atoms with Crippen LogP contribution >= 0.6 is 0 Å². The summed E-state index contributed by atoms with van der Waals surface area (Å²) in [6.45, 7) is 4.45. The van der Waals surface area contributed by atoms with Crippen LogP contribution in [0.4, 0.5) is 0 Å². The van der Waals surface area contributed by atoms with E-state index in [1.54, 1.807) is 11.9 Å². The summed E-state index contributed by atoms with van der Waals surface area (Å²) in [5.74, 6) is 0.144. The number of hydrogen-bond donors (Lipinski definition) is 2. The van der Waals surface area contributed by atoms with Crippen molar-refractivity contribution in [1.29, 1.82) is 0 Å². The highest BCUT2D eigenvalue weighted by molar-refractivity contribution is 5.82. The van der Waals surface area contributed by atoms with Crippen molar-refractivity contribution in [3.05, 3.63) is 0 Å². The number of nitrogens with one attached hydrogen (secondary N) is 2. The number of likely N-dealkylation sites (tertiary alicyclic amines) is 1. The number of piperidine rings is 1. The zero-order valence-corrected chi connectivity index (χ0v) is 10.8. The maximum absolute atomic E-state index is 11.8. The smallest absolute Gasteiger partial charge is 0.236 e. The maximum Gasteiger partial charge on any atom is 0.236 e. The van der Waals surface area contributed by atoms with Crippen molar-refractivity contribution in [3.63, 3.8) is 0 Å². The third-order valence-corrected chi connectivity index (χ3v) is 3.02. The highest BCUT2D eigenvalue weighted by Crippen LogP contribution is 2.16. The zero-order chi connectivity index (χ0) is 12.7. The van der Waals surface area contributed by atoms with Crippen molar-refractivity contribution in [1.82, 2.24) is 15.5 Å². The number of amides is 2. The van der Waals surface area contributed by atoms with Crippen LogP contribution in [0.5, 0.6) is 0 Å². The molecule has 1 atom stereocenters. The van der Waals surface area contributed by atoms with E-state index in [0.29, 0.717) is 13.1 Å². The van der Waals surface area contributed by atoms with Crippen molar-refractivity contribution in [3.8, 4) is 0 Å². The fourth-order valence-electron chi connectivity index (χ4n) is 2.07. The van der Waals surface area contributed by atoms with Crippen molar-refractivity contribution in [2.24, 2.45) is 5.92 Å². The van der Waals surface area contributed by atoms with Crippen LogP contribution in [-0.2, 0) is 9.59 Å². The maximum atomic E-state index is 11.8. The number of carbonyl (C=O) groups is 2. The van der Waals surface area contributed by atoms with Crippen molar-refractivity contribution >= 4 is 11.8 Å². The van der Waals surface area contributed by atoms with E-state index in [2.05, 4.69) is 10.6 Å². The van der Waals surface area contributed by atoms with Crippen LogP contribution < -0.4 is 10.6 Å². The molecule has 0 aromatic rings. The molecule has 1 aliphatic heterocycles. The highest BCUT2D eigenvalue weighted by Gasteiger charge is 2.27. The van der Waals surface area contributed by atoms with Crippen molar-refractivity contribution in [2.45, 2.75) is 26.2 Å². The van der Waals surface area contributed by atoms with E-state index in [1.165, 1.54) is 0 Å². The van der Waals surface area contributed by atoms with E-state index >= 15 is 0 Å². The summed E-state index contributed by atoms with van der Waals surface area (Å²) in [7, 11) is 1.76. The van der Waals surface area contributed by atoms with Crippen LogP contribution in [0.3, 0.4) is 0 Å². The lowest BCUT2D eigenvalue weighted by atomic mass is 9.97. The van der Waals surface area contributed by atoms with Crippen LogP contribution in [-0.4, -0.2) is 49.9 Å². The minimum Gasteiger partial charge on any atom is -0.356 e. The first-order chi connectivity index (χ1) is 8.19. The Morgan fingerprint density at radius 3 is 2.82 bits per heavy atom. The van der Waals surface area contributed by atoms with Crippen molar-refractivity contribution in [2.75, 3.05) is 33.2 Å². The molecule has 0 saturated carbocycles. The normalized spacial score (nSPS) is 20.1. The summed E-state index contributed by atoms with van der Waals surface area (Å²) in [5.41, 5.74) is 0. The summed E-state index contributed by atoms with van der Waals surface area (Å²) >= 11 is 0. The molecule has 0 radical (unpaired) electrons. The van der Waals surface area contributed by atoms with Gasteiger partial charge in [-0.1, -0.05) is 6.92 Å². The zero-order valence-electron chi connectivity index (χ0n) is 10.8. The molecule has 5 heteroatoms. The molecule has 17 heavy (non-hydrogen) atoms. The van der Waals surface area contributed by atoms with Gasteiger partial charge in [0.2, 0.25) is 11.8 Å². The summed E-state index contributed by atoms with van der Waals surface area (Å²) < 4.78 is 0. The Morgan fingerprint density at radius 1 is 1.41 bits per heavy atom. The lowest BCUT2D eigenvalue weighted by Crippen LogP contribution is -2.47. The number of carbonyl (C=O) groups excluding carboxylic acids is 2. The van der Waals surface area contributed by atoms with Gasteiger partial charge < -0.3 is 15.5 Å². The van der Waals surface area contributed by atoms with Crippen LogP contribution in [0.2, 0.25) is 0 Å². The molecule has 2 amide bonds. The monoisotopic (exact) mass is 241 g/mol. The van der Waals surface area contributed by atoms with E-state index in [0.717, 1.165) is 32.4 Å². The van der Waals surface area contributed by atoms with E-state index in [1.807, 2.05) is 6.92 Å². The lowest BCUT2D eigenvalue weighted by Gasteiger charge is -2.32. The number of nitrogens with zero attached hydrogens (tertiary/aromatic N) is 1. The Balaban J connectivity index is 2.42. The van der Waals surface area contributed by atoms with Gasteiger partial charge in [-0.25, -0.2) is 0 Å². The summed E-state index contributed by atoms with van der Waals surface area (Å²) in [5, 5.41) is 5.75. The number of likely N-dealkylation sites (N-methyl/N-ethyl adjacent to an activating group) is 1. The van der Waals surface area contributed by atoms with Gasteiger partial charge in [-0.05, 0) is 26.3 Å². The minimum atomic E-state index is -0.0314. The standard InChI is InChI=1S/C12H23N3O2/c1-3-6-14-12(17)10-5-4-7-15(9-10)11(16)8-13-2/h10,13H,3-9H2,1-2H3,(H,14,17). The van der Waals surface area contributed by atoms with E-state index in [9.17, 15) is 9.59 Å². The molecule has 1 rings (SSSR count). The molecule has 1 saturated heterocycles. The average molecular weight is 241 g/mol. The molecule has 0 aromatic heterocycles. The Kier molecular flexibility index (Phi) is 5.97. The van der Waals surface area contributed by atoms with Crippen LogP contribution in [0, 0.1) is 5.92 Å². The number of hydrogen-bond acceptors (Lipinski definition) is 3. The van der Waals surface area contributed by atoms with E-state index in [-0.39, 0.29) is 17.7 Å². The summed E-state index contributed by atoms with van der Waals surface area (Å²) in [6.07, 6.45) is 2.75. The molecule has 1 heterocycles. The van der Waals surface area contributed by atoms with E-state index < -0.39 is 0 Å². The second kappa shape index (κ2) is 7.27. The molecule has 1 aliphatic rings. The summed E-state index contributed by atoms with van der Waals surface area (Å²) in [4.78, 5) is 25.3. The molecule has 98 valence electrons. The Morgan fingerprint density at radius 2 is 2.18 bits per heavy atom. The third kappa shape index (κ3) is 4.34. The molecule has 0 aliphatic carbocycles. The highest BCUT2D eigenvalue weighted by atomic mass is 16.2. The van der Waals surface area contributed by atoms with Gasteiger partial charge >= 0.3 is 0 Å². The largest absolute Gasteiger partial charge is 0.356 e. The first-order valence-electron chi connectivity index (χ1n) is 6.39. The molecular weight excluding hydrogens is 218 g/mol. The molecule has 0 spiro atoms. The predicted octanol–water partition coefficient (Wildman–Crippen LogP) is -0.0294. The predicted molar refractivity (Wildman–Crippen MR) is 66.5 cm³/mol. The van der Waals surface area contributed by atoms with Crippen LogP contribution in [0.25, 0.3) is 0 Å². The molecular formula is C12H23N3O2. The van der Waals surface area contributed by atoms with Gasteiger partial charge in [0.05, 0.1) is 12.5 Å².